The lowest BCUT2D eigenvalue weighted by Crippen LogP contribution is -2.52. The molecule has 140 valence electrons. The van der Waals surface area contributed by atoms with Crippen molar-refractivity contribution in [2.75, 3.05) is 31.1 Å². The molecule has 0 radical (unpaired) electrons. The first-order valence-corrected chi connectivity index (χ1v) is 9.35. The number of carbonyl (C=O) groups is 1. The highest BCUT2D eigenvalue weighted by molar-refractivity contribution is 6.30. The van der Waals surface area contributed by atoms with Crippen LogP contribution in [-0.4, -0.2) is 51.7 Å². The molecule has 3 aromatic rings. The summed E-state index contributed by atoms with van der Waals surface area (Å²) in [6.45, 7) is 4.78. The zero-order valence-corrected chi connectivity index (χ0v) is 15.8. The van der Waals surface area contributed by atoms with E-state index in [4.69, 9.17) is 11.6 Å². The van der Waals surface area contributed by atoms with Gasteiger partial charge in [0.1, 0.15) is 0 Å². The molecule has 0 bridgehead atoms. The average molecular weight is 385 g/mol. The Morgan fingerprint density at radius 2 is 1.93 bits per heavy atom. The second-order valence-corrected chi connectivity index (χ2v) is 7.05. The van der Waals surface area contributed by atoms with Crippen LogP contribution >= 0.6 is 11.6 Å². The van der Waals surface area contributed by atoms with Gasteiger partial charge in [-0.3, -0.25) is 4.40 Å². The Labute approximate surface area is 162 Å². The minimum absolute atomic E-state index is 0.0825. The largest absolute Gasteiger partial charge is 0.368 e. The lowest BCUT2D eigenvalue weighted by atomic mass is 10.2. The zero-order valence-electron chi connectivity index (χ0n) is 15.0. The van der Waals surface area contributed by atoms with Gasteiger partial charge in [-0.25, -0.2) is 4.79 Å². The molecule has 1 unspecified atom stereocenters. The van der Waals surface area contributed by atoms with Crippen LogP contribution in [0.25, 0.3) is 5.65 Å². The molecule has 2 amide bonds. The number of aromatic nitrogens is 3. The smallest absolute Gasteiger partial charge is 0.318 e. The number of urea groups is 1. The summed E-state index contributed by atoms with van der Waals surface area (Å²) in [5.74, 6) is 0.719. The Balaban J connectivity index is 1.37. The summed E-state index contributed by atoms with van der Waals surface area (Å²) in [6.07, 6.45) is 1.90. The van der Waals surface area contributed by atoms with Crippen LogP contribution in [0.15, 0.2) is 48.7 Å². The van der Waals surface area contributed by atoms with E-state index in [-0.39, 0.29) is 12.1 Å². The number of amides is 2. The molecule has 1 fully saturated rings. The van der Waals surface area contributed by atoms with Crippen LogP contribution in [0, 0.1) is 0 Å². The number of halogens is 1. The van der Waals surface area contributed by atoms with E-state index in [1.807, 2.05) is 64.9 Å². The second-order valence-electron chi connectivity index (χ2n) is 6.61. The Hall–Kier alpha value is -2.80. The van der Waals surface area contributed by atoms with E-state index in [2.05, 4.69) is 20.4 Å². The lowest BCUT2D eigenvalue weighted by Gasteiger charge is -2.36. The number of benzene rings is 1. The van der Waals surface area contributed by atoms with E-state index in [9.17, 15) is 4.79 Å². The molecule has 2 aromatic heterocycles. The van der Waals surface area contributed by atoms with Gasteiger partial charge in [-0.05, 0) is 37.3 Å². The van der Waals surface area contributed by atoms with Gasteiger partial charge in [0.25, 0.3) is 0 Å². The first-order chi connectivity index (χ1) is 13.1. The topological polar surface area (TPSA) is 65.8 Å². The number of anilines is 1. The van der Waals surface area contributed by atoms with Crippen molar-refractivity contribution in [3.63, 3.8) is 0 Å². The predicted octanol–water partition coefficient (Wildman–Crippen LogP) is 2.98. The minimum atomic E-state index is -0.235. The fourth-order valence-electron chi connectivity index (χ4n) is 3.34. The number of nitrogens with one attached hydrogen (secondary N) is 1. The molecule has 27 heavy (non-hydrogen) atoms. The van der Waals surface area contributed by atoms with E-state index in [0.717, 1.165) is 35.3 Å². The molecular weight excluding hydrogens is 364 g/mol. The summed E-state index contributed by atoms with van der Waals surface area (Å²) < 4.78 is 1.89. The normalized spacial score (nSPS) is 15.8. The molecule has 3 heterocycles. The number of pyridine rings is 1. The van der Waals surface area contributed by atoms with E-state index in [1.54, 1.807) is 0 Å². The third-order valence-corrected chi connectivity index (χ3v) is 5.04. The number of rotatable bonds is 3. The average Bonchev–Trinajstić information content (AvgIpc) is 3.12. The molecule has 1 aliphatic rings. The molecule has 8 heteroatoms. The van der Waals surface area contributed by atoms with Gasteiger partial charge in [-0.2, -0.15) is 0 Å². The SMILES string of the molecule is CC(NC(=O)N1CCN(c2cccc(Cl)c2)CC1)c1nnc2ccccn12. The zero-order chi connectivity index (χ0) is 18.8. The summed E-state index contributed by atoms with van der Waals surface area (Å²) >= 11 is 6.08. The van der Waals surface area contributed by atoms with Crippen molar-refractivity contribution >= 4 is 29.0 Å². The molecule has 1 aliphatic heterocycles. The fourth-order valence-corrected chi connectivity index (χ4v) is 3.52. The maximum atomic E-state index is 12.7. The van der Waals surface area contributed by atoms with Crippen molar-refractivity contribution in [2.45, 2.75) is 13.0 Å². The quantitative estimate of drug-likeness (QED) is 0.754. The van der Waals surface area contributed by atoms with E-state index >= 15 is 0 Å². The van der Waals surface area contributed by atoms with Crippen LogP contribution in [0.2, 0.25) is 5.02 Å². The Morgan fingerprint density at radius 3 is 2.70 bits per heavy atom. The highest BCUT2D eigenvalue weighted by Crippen LogP contribution is 2.21. The molecule has 1 atom stereocenters. The molecule has 0 aliphatic carbocycles. The first kappa shape index (κ1) is 17.6. The fraction of sp³-hybridized carbons (Fsp3) is 0.316. The van der Waals surface area contributed by atoms with Crippen LogP contribution in [0.1, 0.15) is 18.8 Å². The Morgan fingerprint density at radius 1 is 1.11 bits per heavy atom. The van der Waals surface area contributed by atoms with Gasteiger partial charge in [0, 0.05) is 43.1 Å². The maximum absolute atomic E-state index is 12.7. The van der Waals surface area contributed by atoms with Gasteiger partial charge in [-0.15, -0.1) is 10.2 Å². The van der Waals surface area contributed by atoms with Crippen molar-refractivity contribution in [3.05, 3.63) is 59.5 Å². The second kappa shape index (κ2) is 7.44. The van der Waals surface area contributed by atoms with Gasteiger partial charge < -0.3 is 15.1 Å². The molecule has 1 saturated heterocycles. The third kappa shape index (κ3) is 3.68. The van der Waals surface area contributed by atoms with Crippen LogP contribution in [0.4, 0.5) is 10.5 Å². The molecular formula is C19H21ClN6O. The first-order valence-electron chi connectivity index (χ1n) is 8.97. The molecule has 7 nitrogen and oxygen atoms in total. The van der Waals surface area contributed by atoms with Gasteiger partial charge in [0.05, 0.1) is 6.04 Å². The molecule has 4 rings (SSSR count). The summed E-state index contributed by atoms with van der Waals surface area (Å²) in [6, 6.07) is 13.2. The lowest BCUT2D eigenvalue weighted by molar-refractivity contribution is 0.190. The Bertz CT molecular complexity index is 950. The van der Waals surface area contributed by atoms with Crippen molar-refractivity contribution in [3.8, 4) is 0 Å². The maximum Gasteiger partial charge on any atom is 0.318 e. The number of hydrogen-bond donors (Lipinski definition) is 1. The monoisotopic (exact) mass is 384 g/mol. The number of hydrogen-bond acceptors (Lipinski definition) is 4. The standard InChI is InChI=1S/C19H21ClN6O/c1-14(18-23-22-17-7-2-3-8-26(17)18)21-19(27)25-11-9-24(10-12-25)16-6-4-5-15(20)13-16/h2-8,13-14H,9-12H2,1H3,(H,21,27). The highest BCUT2D eigenvalue weighted by atomic mass is 35.5. The predicted molar refractivity (Wildman–Crippen MR) is 105 cm³/mol. The van der Waals surface area contributed by atoms with Gasteiger partial charge in [-0.1, -0.05) is 23.7 Å². The van der Waals surface area contributed by atoms with Crippen LogP contribution in [0.3, 0.4) is 0 Å². The van der Waals surface area contributed by atoms with Crippen molar-refractivity contribution in [1.82, 2.24) is 24.8 Å². The number of carbonyl (C=O) groups excluding carboxylic acids is 1. The highest BCUT2D eigenvalue weighted by Gasteiger charge is 2.24. The molecule has 0 spiro atoms. The summed E-state index contributed by atoms with van der Waals surface area (Å²) in [7, 11) is 0. The van der Waals surface area contributed by atoms with Crippen molar-refractivity contribution in [2.24, 2.45) is 0 Å². The third-order valence-electron chi connectivity index (χ3n) is 4.81. The van der Waals surface area contributed by atoms with E-state index in [1.165, 1.54) is 0 Å². The summed E-state index contributed by atoms with van der Waals surface area (Å²) in [4.78, 5) is 16.7. The minimum Gasteiger partial charge on any atom is -0.368 e. The van der Waals surface area contributed by atoms with Crippen LogP contribution < -0.4 is 10.2 Å². The molecule has 1 aromatic carbocycles. The van der Waals surface area contributed by atoms with Crippen molar-refractivity contribution < 1.29 is 4.79 Å². The Kier molecular flexibility index (Phi) is 4.85. The van der Waals surface area contributed by atoms with Crippen LogP contribution in [-0.2, 0) is 0 Å². The van der Waals surface area contributed by atoms with Gasteiger partial charge in [0.15, 0.2) is 11.5 Å². The van der Waals surface area contributed by atoms with Crippen LogP contribution in [0.5, 0.6) is 0 Å². The van der Waals surface area contributed by atoms with Crippen molar-refractivity contribution in [1.29, 1.82) is 0 Å². The van der Waals surface area contributed by atoms with E-state index < -0.39 is 0 Å². The number of nitrogens with zero attached hydrogens (tertiary/aromatic N) is 5. The molecule has 1 N–H and O–H groups in total. The number of piperazine rings is 1. The van der Waals surface area contributed by atoms with E-state index in [0.29, 0.717) is 13.1 Å². The summed E-state index contributed by atoms with van der Waals surface area (Å²) in [5, 5.41) is 12.1. The molecule has 0 saturated carbocycles. The van der Waals surface area contributed by atoms with Gasteiger partial charge >= 0.3 is 6.03 Å². The number of fused-ring (bicyclic) bond motifs is 1. The van der Waals surface area contributed by atoms with Gasteiger partial charge in [0.2, 0.25) is 0 Å². The summed E-state index contributed by atoms with van der Waals surface area (Å²) in [5.41, 5.74) is 1.86.